The molecular formula is C16H25BrN4O3Si. The minimum Gasteiger partial charge on any atom is -0.361 e. The number of hydrogen-bond acceptors (Lipinski definition) is 4. The van der Waals surface area contributed by atoms with Gasteiger partial charge in [-0.25, -0.2) is 5.84 Å². The quantitative estimate of drug-likeness (QED) is 0.242. The van der Waals surface area contributed by atoms with Crippen LogP contribution in [0.5, 0.6) is 0 Å². The molecule has 2 rings (SSSR count). The number of carbonyl (C=O) groups is 1. The number of nitrogens with one attached hydrogen (secondary N) is 1. The van der Waals surface area contributed by atoms with Gasteiger partial charge in [0.05, 0.1) is 5.56 Å². The predicted octanol–water partition coefficient (Wildman–Crippen LogP) is 2.33. The molecule has 0 saturated heterocycles. The molecule has 2 aromatic heterocycles. The van der Waals surface area contributed by atoms with Gasteiger partial charge in [0.2, 0.25) is 0 Å². The van der Waals surface area contributed by atoms with Crippen molar-refractivity contribution in [1.82, 2.24) is 14.6 Å². The number of halogens is 1. The summed E-state index contributed by atoms with van der Waals surface area (Å²) >= 11 is 3.46. The largest absolute Gasteiger partial charge is 0.361 e. The average Bonchev–Trinajstić information content (AvgIpc) is 2.81. The number of nitrogen functional groups attached to an aromatic ring is 1. The fraction of sp³-hybridized carbons (Fsp3) is 0.500. The Kier molecular flexibility index (Phi) is 5.92. The summed E-state index contributed by atoms with van der Waals surface area (Å²) < 4.78 is 9.70. The van der Waals surface area contributed by atoms with E-state index in [1.54, 1.807) is 24.7 Å². The number of ether oxygens (including phenoxy) is 1. The van der Waals surface area contributed by atoms with Crippen LogP contribution in [0, 0.1) is 6.92 Å². The van der Waals surface area contributed by atoms with E-state index >= 15 is 0 Å². The molecule has 0 bridgehead atoms. The smallest absolute Gasteiger partial charge is 0.274 e. The zero-order valence-corrected chi connectivity index (χ0v) is 17.9. The molecule has 1 amide bonds. The lowest BCUT2D eigenvalue weighted by molar-refractivity contribution is 0.0881. The van der Waals surface area contributed by atoms with Gasteiger partial charge in [-0.2, -0.15) is 0 Å². The van der Waals surface area contributed by atoms with Crippen molar-refractivity contribution < 1.29 is 9.53 Å². The number of aryl methyl sites for hydroxylation is 1. The van der Waals surface area contributed by atoms with Crippen LogP contribution in [0.1, 0.15) is 16.1 Å². The molecule has 0 unspecified atom stereocenters. The Balaban J connectivity index is 2.54. The Labute approximate surface area is 156 Å². The third-order valence-corrected chi connectivity index (χ3v) is 6.47. The highest BCUT2D eigenvalue weighted by atomic mass is 79.9. The maximum Gasteiger partial charge on any atom is 0.274 e. The summed E-state index contributed by atoms with van der Waals surface area (Å²) in [5.41, 5.74) is 3.43. The van der Waals surface area contributed by atoms with E-state index in [1.807, 2.05) is 0 Å². The molecule has 0 aliphatic carbocycles. The van der Waals surface area contributed by atoms with Crippen molar-refractivity contribution in [2.75, 3.05) is 6.61 Å². The third kappa shape index (κ3) is 4.05. The second-order valence-electron chi connectivity index (χ2n) is 7.33. The van der Waals surface area contributed by atoms with Gasteiger partial charge >= 0.3 is 0 Å². The molecule has 0 spiro atoms. The Morgan fingerprint density at radius 3 is 2.60 bits per heavy atom. The molecule has 0 radical (unpaired) electrons. The second-order valence-corrected chi connectivity index (χ2v) is 13.8. The average molecular weight is 429 g/mol. The molecule has 0 aliphatic heterocycles. The van der Waals surface area contributed by atoms with Gasteiger partial charge in [-0.05, 0) is 28.9 Å². The Morgan fingerprint density at radius 2 is 2.04 bits per heavy atom. The highest BCUT2D eigenvalue weighted by Crippen LogP contribution is 2.30. The first kappa shape index (κ1) is 19.9. The minimum absolute atomic E-state index is 0.189. The fourth-order valence-electron chi connectivity index (χ4n) is 2.70. The molecule has 2 heterocycles. The normalized spacial score (nSPS) is 12.0. The summed E-state index contributed by atoms with van der Waals surface area (Å²) in [5.74, 6) is 4.89. The van der Waals surface area contributed by atoms with Gasteiger partial charge in [0.25, 0.3) is 11.5 Å². The van der Waals surface area contributed by atoms with Crippen molar-refractivity contribution in [2.45, 2.75) is 39.3 Å². The number of fused-ring (bicyclic) bond motifs is 1. The molecule has 0 aliphatic rings. The highest BCUT2D eigenvalue weighted by molar-refractivity contribution is 9.10. The number of hydrogen-bond donors (Lipinski definition) is 2. The van der Waals surface area contributed by atoms with E-state index in [2.05, 4.69) is 41.0 Å². The van der Waals surface area contributed by atoms with Gasteiger partial charge in [-0.1, -0.05) is 19.6 Å². The molecule has 0 atom stereocenters. The van der Waals surface area contributed by atoms with Crippen LogP contribution in [0.4, 0.5) is 0 Å². The van der Waals surface area contributed by atoms with E-state index in [1.165, 1.54) is 4.57 Å². The van der Waals surface area contributed by atoms with E-state index in [9.17, 15) is 9.59 Å². The molecule has 25 heavy (non-hydrogen) atoms. The number of nitrogens with zero attached hydrogens (tertiary/aromatic N) is 2. The summed E-state index contributed by atoms with van der Waals surface area (Å²) in [6.07, 6.45) is 1.65. The van der Waals surface area contributed by atoms with Gasteiger partial charge in [0.1, 0.15) is 12.2 Å². The molecule has 9 heteroatoms. The molecule has 7 nitrogen and oxygen atoms in total. The van der Waals surface area contributed by atoms with Gasteiger partial charge in [-0.15, -0.1) is 0 Å². The van der Waals surface area contributed by atoms with Crippen molar-refractivity contribution >= 4 is 40.8 Å². The SMILES string of the molecule is Cc1c(C(=O)NN)c2c(Br)cn(C)c(=O)c2n1COCC[Si](C)(C)C. The van der Waals surface area contributed by atoms with Crippen LogP contribution in [-0.4, -0.2) is 29.7 Å². The number of rotatable bonds is 6. The summed E-state index contributed by atoms with van der Waals surface area (Å²) in [7, 11) is 0.476. The lowest BCUT2D eigenvalue weighted by Crippen LogP contribution is -2.30. The molecule has 0 fully saturated rings. The van der Waals surface area contributed by atoms with Crippen LogP contribution in [0.3, 0.4) is 0 Å². The summed E-state index contributed by atoms with van der Waals surface area (Å²) in [4.78, 5) is 24.9. The minimum atomic E-state index is -1.20. The van der Waals surface area contributed by atoms with E-state index in [-0.39, 0.29) is 12.3 Å². The topological polar surface area (TPSA) is 91.3 Å². The Bertz CT molecular complexity index is 867. The van der Waals surface area contributed by atoms with Crippen LogP contribution < -0.4 is 16.8 Å². The number of pyridine rings is 1. The monoisotopic (exact) mass is 428 g/mol. The van der Waals surface area contributed by atoms with Crippen molar-refractivity contribution in [2.24, 2.45) is 12.9 Å². The van der Waals surface area contributed by atoms with E-state index < -0.39 is 14.0 Å². The number of nitrogens with two attached hydrogens (primary N) is 1. The Hall–Kier alpha value is -1.42. The van der Waals surface area contributed by atoms with Crippen LogP contribution in [-0.2, 0) is 18.5 Å². The standard InChI is InChI=1S/C16H25BrN4O3Si/c1-10-12(15(22)19-18)13-11(17)8-20(2)16(23)14(13)21(10)9-24-6-7-25(3,4)5/h8H,6-7,9,18H2,1-5H3,(H,19,22). The van der Waals surface area contributed by atoms with Crippen LogP contribution in [0.25, 0.3) is 10.9 Å². The number of carbonyl (C=O) groups excluding carboxylic acids is 1. The Morgan fingerprint density at radius 1 is 1.40 bits per heavy atom. The predicted molar refractivity (Wildman–Crippen MR) is 105 cm³/mol. The first-order chi connectivity index (χ1) is 11.6. The van der Waals surface area contributed by atoms with E-state index in [0.717, 1.165) is 6.04 Å². The van der Waals surface area contributed by atoms with Crippen molar-refractivity contribution in [3.63, 3.8) is 0 Å². The lowest BCUT2D eigenvalue weighted by atomic mass is 10.1. The van der Waals surface area contributed by atoms with Gasteiger partial charge in [0.15, 0.2) is 0 Å². The maximum atomic E-state index is 12.7. The van der Waals surface area contributed by atoms with E-state index in [0.29, 0.717) is 33.2 Å². The van der Waals surface area contributed by atoms with Crippen molar-refractivity contribution in [3.05, 3.63) is 32.3 Å². The van der Waals surface area contributed by atoms with Gasteiger partial charge < -0.3 is 13.9 Å². The molecule has 2 aromatic rings. The summed E-state index contributed by atoms with van der Waals surface area (Å²) in [6.45, 7) is 9.48. The number of aromatic nitrogens is 2. The summed E-state index contributed by atoms with van der Waals surface area (Å²) in [6, 6.07) is 1.03. The first-order valence-electron chi connectivity index (χ1n) is 8.05. The van der Waals surface area contributed by atoms with Crippen molar-refractivity contribution in [1.29, 1.82) is 0 Å². The van der Waals surface area contributed by atoms with E-state index in [4.69, 9.17) is 10.6 Å². The molecule has 0 aromatic carbocycles. The van der Waals surface area contributed by atoms with Gasteiger partial charge in [0, 0.05) is 43.5 Å². The number of amides is 1. The van der Waals surface area contributed by atoms with Gasteiger partial charge in [-0.3, -0.25) is 15.0 Å². The first-order valence-corrected chi connectivity index (χ1v) is 12.5. The lowest BCUT2D eigenvalue weighted by Gasteiger charge is -2.16. The van der Waals surface area contributed by atoms with Crippen LogP contribution >= 0.6 is 15.9 Å². The van der Waals surface area contributed by atoms with Crippen LogP contribution in [0.15, 0.2) is 15.5 Å². The van der Waals surface area contributed by atoms with Crippen LogP contribution in [0.2, 0.25) is 25.7 Å². The zero-order valence-electron chi connectivity index (χ0n) is 15.3. The third-order valence-electron chi connectivity index (χ3n) is 4.17. The number of hydrazine groups is 1. The molecule has 138 valence electrons. The highest BCUT2D eigenvalue weighted by Gasteiger charge is 2.24. The zero-order chi connectivity index (χ0) is 18.9. The molecule has 0 saturated carbocycles. The molecule has 3 N–H and O–H groups in total. The summed E-state index contributed by atoms with van der Waals surface area (Å²) in [5, 5.41) is 0.553. The second kappa shape index (κ2) is 7.44. The fourth-order valence-corrected chi connectivity index (χ4v) is 4.15. The van der Waals surface area contributed by atoms with Crippen molar-refractivity contribution in [3.8, 4) is 0 Å². The molecular weight excluding hydrogens is 404 g/mol. The maximum absolute atomic E-state index is 12.7.